The summed E-state index contributed by atoms with van der Waals surface area (Å²) >= 11 is 0. The Morgan fingerprint density at radius 2 is 1.58 bits per heavy atom. The van der Waals surface area contributed by atoms with Crippen LogP contribution in [0.15, 0.2) is 65.6 Å². The second kappa shape index (κ2) is 7.90. The summed E-state index contributed by atoms with van der Waals surface area (Å²) in [6, 6.07) is 18.0. The molecule has 2 aromatic rings. The Kier molecular flexibility index (Phi) is 6.12. The molecule has 0 heterocycles. The van der Waals surface area contributed by atoms with Crippen LogP contribution in [0.3, 0.4) is 0 Å². The first kappa shape index (κ1) is 18.6. The van der Waals surface area contributed by atoms with Crippen LogP contribution in [-0.2, 0) is 15.6 Å². The number of nitrogens with zero attached hydrogens (tertiary/aromatic N) is 1. The van der Waals surface area contributed by atoms with Crippen LogP contribution in [0.5, 0.6) is 0 Å². The molecule has 0 bridgehead atoms. The van der Waals surface area contributed by atoms with Crippen LogP contribution in [0.25, 0.3) is 0 Å². The van der Waals surface area contributed by atoms with E-state index >= 15 is 0 Å². The van der Waals surface area contributed by atoms with Gasteiger partial charge in [-0.15, -0.1) is 0 Å². The molecule has 0 unspecified atom stereocenters. The van der Waals surface area contributed by atoms with Crippen LogP contribution in [-0.4, -0.2) is 45.2 Å². The van der Waals surface area contributed by atoms with Crippen molar-refractivity contribution in [3.63, 3.8) is 0 Å². The van der Waals surface area contributed by atoms with E-state index in [2.05, 4.69) is 4.72 Å². The summed E-state index contributed by atoms with van der Waals surface area (Å²) in [4.78, 5) is 2.20. The fraction of sp³-hybridized carbons (Fsp3) is 0.333. The maximum Gasteiger partial charge on any atom is 0.240 e. The normalized spacial score (nSPS) is 14.5. The van der Waals surface area contributed by atoms with E-state index in [0.717, 1.165) is 5.56 Å². The Morgan fingerprint density at radius 3 is 2.12 bits per heavy atom. The third-order valence-corrected chi connectivity index (χ3v) is 5.75. The zero-order valence-electron chi connectivity index (χ0n) is 14.0. The van der Waals surface area contributed by atoms with Gasteiger partial charge in [-0.1, -0.05) is 48.5 Å². The first-order chi connectivity index (χ1) is 11.4. The van der Waals surface area contributed by atoms with Gasteiger partial charge in [0.1, 0.15) is 0 Å². The van der Waals surface area contributed by atoms with Crippen LogP contribution in [0.1, 0.15) is 12.5 Å². The zero-order chi connectivity index (χ0) is 17.6. The van der Waals surface area contributed by atoms with Crippen LogP contribution in [0, 0.1) is 0 Å². The molecule has 24 heavy (non-hydrogen) atoms. The molecule has 0 fully saturated rings. The van der Waals surface area contributed by atoms with Gasteiger partial charge in [-0.2, -0.15) is 0 Å². The minimum atomic E-state index is -3.59. The predicted molar refractivity (Wildman–Crippen MR) is 95.1 cm³/mol. The molecule has 6 heteroatoms. The average molecular weight is 348 g/mol. The second-order valence-electron chi connectivity index (χ2n) is 5.92. The summed E-state index contributed by atoms with van der Waals surface area (Å²) in [6.45, 7) is 2.61. The van der Waals surface area contributed by atoms with Gasteiger partial charge in [-0.3, -0.25) is 4.90 Å². The highest BCUT2D eigenvalue weighted by Gasteiger charge is 2.32. The van der Waals surface area contributed by atoms with Gasteiger partial charge >= 0.3 is 0 Å². The van der Waals surface area contributed by atoms with Crippen molar-refractivity contribution < 1.29 is 13.5 Å². The van der Waals surface area contributed by atoms with Crippen LogP contribution in [0.2, 0.25) is 0 Å². The second-order valence-corrected chi connectivity index (χ2v) is 7.69. The molecule has 2 aromatic carbocycles. The number of likely N-dealkylation sites (N-methyl/N-ethyl adjacent to an activating group) is 1. The largest absolute Gasteiger partial charge is 0.395 e. The molecule has 0 aliphatic heterocycles. The lowest BCUT2D eigenvalue weighted by Crippen LogP contribution is -2.50. The van der Waals surface area contributed by atoms with Gasteiger partial charge in [0, 0.05) is 13.1 Å². The van der Waals surface area contributed by atoms with Crippen LogP contribution in [0.4, 0.5) is 0 Å². The highest BCUT2D eigenvalue weighted by Crippen LogP contribution is 2.26. The van der Waals surface area contributed by atoms with Gasteiger partial charge in [0.25, 0.3) is 0 Å². The van der Waals surface area contributed by atoms with E-state index in [0.29, 0.717) is 6.54 Å². The lowest BCUT2D eigenvalue weighted by Gasteiger charge is -2.39. The molecule has 5 nitrogen and oxygen atoms in total. The Hall–Kier alpha value is -1.73. The molecule has 0 saturated carbocycles. The van der Waals surface area contributed by atoms with Crippen molar-refractivity contribution in [3.05, 3.63) is 66.2 Å². The molecule has 0 spiro atoms. The van der Waals surface area contributed by atoms with E-state index in [-0.39, 0.29) is 18.0 Å². The van der Waals surface area contributed by atoms with Crippen molar-refractivity contribution in [2.75, 3.05) is 26.7 Å². The molecule has 130 valence electrons. The molecule has 0 aliphatic rings. The van der Waals surface area contributed by atoms with Gasteiger partial charge in [0.2, 0.25) is 10.0 Å². The molecular formula is C18H24N2O3S. The first-order valence-corrected chi connectivity index (χ1v) is 9.31. The lowest BCUT2D eigenvalue weighted by molar-refractivity contribution is 0.110. The fourth-order valence-electron chi connectivity index (χ4n) is 2.57. The Morgan fingerprint density at radius 1 is 1.04 bits per heavy atom. The summed E-state index contributed by atoms with van der Waals surface area (Å²) in [7, 11) is -1.71. The first-order valence-electron chi connectivity index (χ1n) is 7.82. The summed E-state index contributed by atoms with van der Waals surface area (Å²) in [6.07, 6.45) is 0. The molecule has 0 aromatic heterocycles. The van der Waals surface area contributed by atoms with Crippen molar-refractivity contribution in [2.45, 2.75) is 17.4 Å². The predicted octanol–water partition coefficient (Wildman–Crippen LogP) is 1.80. The third kappa shape index (κ3) is 4.21. The molecule has 0 aliphatic carbocycles. The fourth-order valence-corrected chi connectivity index (χ4v) is 3.72. The Balaban J connectivity index is 2.27. The van der Waals surface area contributed by atoms with Crippen molar-refractivity contribution in [2.24, 2.45) is 0 Å². The topological polar surface area (TPSA) is 69.6 Å². The van der Waals surface area contributed by atoms with Crippen LogP contribution >= 0.6 is 0 Å². The summed E-state index contributed by atoms with van der Waals surface area (Å²) in [5.74, 6) is 0. The molecule has 0 amide bonds. The van der Waals surface area contributed by atoms with Gasteiger partial charge < -0.3 is 5.11 Å². The van der Waals surface area contributed by atoms with E-state index in [1.54, 1.807) is 30.3 Å². The molecule has 2 rings (SSSR count). The highest BCUT2D eigenvalue weighted by atomic mass is 32.2. The minimum Gasteiger partial charge on any atom is -0.395 e. The molecule has 1 atom stereocenters. The number of aliphatic hydroxyl groups excluding tert-OH is 1. The summed E-state index contributed by atoms with van der Waals surface area (Å²) in [5.41, 5.74) is 0.406. The zero-order valence-corrected chi connectivity index (χ0v) is 14.8. The van der Waals surface area contributed by atoms with E-state index in [1.165, 1.54) is 0 Å². The maximum absolute atomic E-state index is 12.5. The molecule has 0 radical (unpaired) electrons. The number of rotatable bonds is 8. The maximum atomic E-state index is 12.5. The monoisotopic (exact) mass is 348 g/mol. The lowest BCUT2D eigenvalue weighted by atomic mass is 9.90. The van der Waals surface area contributed by atoms with Gasteiger partial charge in [-0.05, 0) is 31.7 Å². The Bertz CT molecular complexity index is 735. The highest BCUT2D eigenvalue weighted by molar-refractivity contribution is 7.89. The van der Waals surface area contributed by atoms with Crippen molar-refractivity contribution in [1.29, 1.82) is 0 Å². The van der Waals surface area contributed by atoms with E-state index < -0.39 is 15.6 Å². The number of benzene rings is 2. The van der Waals surface area contributed by atoms with Crippen molar-refractivity contribution in [3.8, 4) is 0 Å². The molecule has 0 saturated heterocycles. The standard InChI is InChI=1S/C18H24N2O3S/c1-18(20(2)13-14-21,16-9-5-3-6-10-16)15-19-24(22,23)17-11-7-4-8-12-17/h3-12,19,21H,13-15H2,1-2H3/t18-/m0/s1. The van der Waals surface area contributed by atoms with Crippen LogP contribution < -0.4 is 4.72 Å². The summed E-state index contributed by atoms with van der Waals surface area (Å²) < 4.78 is 27.7. The number of hydrogen-bond donors (Lipinski definition) is 2. The summed E-state index contributed by atoms with van der Waals surface area (Å²) in [5, 5.41) is 9.27. The van der Waals surface area contributed by atoms with E-state index in [4.69, 9.17) is 0 Å². The number of sulfonamides is 1. The van der Waals surface area contributed by atoms with Crippen molar-refractivity contribution >= 4 is 10.0 Å². The van der Waals surface area contributed by atoms with Gasteiger partial charge in [-0.25, -0.2) is 13.1 Å². The average Bonchev–Trinajstić information content (AvgIpc) is 2.61. The molecule has 2 N–H and O–H groups in total. The van der Waals surface area contributed by atoms with E-state index in [9.17, 15) is 13.5 Å². The van der Waals surface area contributed by atoms with E-state index in [1.807, 2.05) is 49.2 Å². The third-order valence-electron chi connectivity index (χ3n) is 4.33. The van der Waals surface area contributed by atoms with Crippen molar-refractivity contribution in [1.82, 2.24) is 9.62 Å². The number of nitrogens with one attached hydrogen (secondary N) is 1. The quantitative estimate of drug-likeness (QED) is 0.763. The smallest absolute Gasteiger partial charge is 0.240 e. The van der Waals surface area contributed by atoms with Gasteiger partial charge in [0.05, 0.1) is 17.0 Å². The van der Waals surface area contributed by atoms with Gasteiger partial charge in [0.15, 0.2) is 0 Å². The number of hydrogen-bond acceptors (Lipinski definition) is 4. The minimum absolute atomic E-state index is 0.00432. The SMILES string of the molecule is CN(CCO)[C@@](C)(CNS(=O)(=O)c1ccccc1)c1ccccc1. The Labute approximate surface area is 144 Å². The number of aliphatic hydroxyl groups is 1. The molecular weight excluding hydrogens is 324 g/mol.